The Kier molecular flexibility index (Phi) is 6.57. The van der Waals surface area contributed by atoms with E-state index in [4.69, 9.17) is 9.59 Å². The highest BCUT2D eigenvalue weighted by Crippen LogP contribution is 2.22. The Labute approximate surface area is 154 Å². The summed E-state index contributed by atoms with van der Waals surface area (Å²) in [5, 5.41) is 2.52. The smallest absolute Gasteiger partial charge is 0.305 e. The molecule has 136 valence electrons. The molecule has 3 rings (SSSR count). The van der Waals surface area contributed by atoms with Gasteiger partial charge in [0.1, 0.15) is 0 Å². The standard InChI is InChI=1S/C18H15FN4O.CO2/c1-11-3-4-12(2)14(7-11)16-9-22-17(10-21-16)23-18(24)13-5-6-20-8-15(13)19;2-1-3/h3-10H,1-2H3,(H,22,23,24);. The highest BCUT2D eigenvalue weighted by Gasteiger charge is 2.12. The van der Waals surface area contributed by atoms with Crippen LogP contribution < -0.4 is 5.32 Å². The van der Waals surface area contributed by atoms with Gasteiger partial charge in [-0.3, -0.25) is 14.8 Å². The number of carbonyl (C=O) groups excluding carboxylic acids is 3. The molecule has 0 unspecified atom stereocenters. The Bertz CT molecular complexity index is 984. The van der Waals surface area contributed by atoms with Crippen LogP contribution in [0.4, 0.5) is 10.2 Å². The first-order chi connectivity index (χ1) is 13.0. The van der Waals surface area contributed by atoms with Crippen molar-refractivity contribution in [2.45, 2.75) is 13.8 Å². The van der Waals surface area contributed by atoms with Crippen molar-refractivity contribution in [1.29, 1.82) is 0 Å². The first-order valence-corrected chi connectivity index (χ1v) is 7.76. The maximum absolute atomic E-state index is 13.6. The molecule has 0 radical (unpaired) electrons. The Morgan fingerprint density at radius 3 is 2.44 bits per heavy atom. The number of hydrogen-bond acceptors (Lipinski definition) is 6. The summed E-state index contributed by atoms with van der Waals surface area (Å²) in [5.74, 6) is -1.02. The van der Waals surface area contributed by atoms with Gasteiger partial charge in [-0.1, -0.05) is 17.7 Å². The Morgan fingerprint density at radius 1 is 1.07 bits per heavy atom. The number of aryl methyl sites for hydroxylation is 2. The van der Waals surface area contributed by atoms with Crippen molar-refractivity contribution in [1.82, 2.24) is 15.0 Å². The fourth-order valence-electron chi connectivity index (χ4n) is 2.29. The molecule has 0 spiro atoms. The van der Waals surface area contributed by atoms with Crippen LogP contribution in [0, 0.1) is 19.7 Å². The number of carbonyl (C=O) groups is 1. The lowest BCUT2D eigenvalue weighted by Crippen LogP contribution is -2.15. The van der Waals surface area contributed by atoms with E-state index in [1.54, 1.807) is 6.20 Å². The summed E-state index contributed by atoms with van der Waals surface area (Å²) in [4.78, 5) is 40.4. The second-order valence-electron chi connectivity index (χ2n) is 5.50. The number of rotatable bonds is 3. The van der Waals surface area contributed by atoms with Gasteiger partial charge >= 0.3 is 6.15 Å². The topological polar surface area (TPSA) is 102 Å². The number of aromatic nitrogens is 3. The van der Waals surface area contributed by atoms with E-state index in [0.29, 0.717) is 5.69 Å². The van der Waals surface area contributed by atoms with E-state index < -0.39 is 11.7 Å². The molecule has 0 saturated heterocycles. The summed E-state index contributed by atoms with van der Waals surface area (Å²) in [6.07, 6.45) is 5.63. The van der Waals surface area contributed by atoms with E-state index in [9.17, 15) is 9.18 Å². The highest BCUT2D eigenvalue weighted by atomic mass is 19.1. The lowest BCUT2D eigenvalue weighted by Gasteiger charge is -2.08. The normalized spacial score (nSPS) is 9.59. The summed E-state index contributed by atoms with van der Waals surface area (Å²) in [7, 11) is 0. The lowest BCUT2D eigenvalue weighted by atomic mass is 10.0. The van der Waals surface area contributed by atoms with Crippen LogP contribution >= 0.6 is 0 Å². The van der Waals surface area contributed by atoms with Crippen LogP contribution in [0.25, 0.3) is 11.3 Å². The van der Waals surface area contributed by atoms with Gasteiger partial charge in [-0.2, -0.15) is 9.59 Å². The zero-order chi connectivity index (χ0) is 19.8. The molecular weight excluding hydrogens is 351 g/mol. The molecule has 0 atom stereocenters. The zero-order valence-electron chi connectivity index (χ0n) is 14.6. The fourth-order valence-corrected chi connectivity index (χ4v) is 2.29. The molecule has 27 heavy (non-hydrogen) atoms. The van der Waals surface area contributed by atoms with E-state index in [2.05, 4.69) is 20.3 Å². The maximum atomic E-state index is 13.6. The largest absolute Gasteiger partial charge is 0.373 e. The van der Waals surface area contributed by atoms with Gasteiger partial charge in [-0.25, -0.2) is 9.37 Å². The van der Waals surface area contributed by atoms with Crippen molar-refractivity contribution in [3.8, 4) is 11.3 Å². The number of hydrogen-bond donors (Lipinski definition) is 1. The minimum atomic E-state index is -0.685. The summed E-state index contributed by atoms with van der Waals surface area (Å²) in [6, 6.07) is 7.39. The summed E-state index contributed by atoms with van der Waals surface area (Å²) in [6.45, 7) is 4.01. The van der Waals surface area contributed by atoms with Crippen LogP contribution in [0.1, 0.15) is 21.5 Å². The molecule has 2 aromatic heterocycles. The van der Waals surface area contributed by atoms with E-state index in [-0.39, 0.29) is 17.5 Å². The van der Waals surface area contributed by atoms with Crippen molar-refractivity contribution in [3.05, 3.63) is 71.6 Å². The van der Waals surface area contributed by atoms with E-state index >= 15 is 0 Å². The second-order valence-corrected chi connectivity index (χ2v) is 5.50. The van der Waals surface area contributed by atoms with Crippen molar-refractivity contribution >= 4 is 17.9 Å². The van der Waals surface area contributed by atoms with Crippen LogP contribution in [0.2, 0.25) is 0 Å². The Hall–Kier alpha value is -3.77. The number of nitrogens with zero attached hydrogens (tertiary/aromatic N) is 3. The average molecular weight is 366 g/mol. The Balaban J connectivity index is 0.000000817. The van der Waals surface area contributed by atoms with E-state index in [0.717, 1.165) is 22.9 Å². The van der Waals surface area contributed by atoms with Crippen LogP contribution in [-0.4, -0.2) is 27.0 Å². The molecule has 1 aromatic carbocycles. The molecular formula is C19H15FN4O3. The van der Waals surface area contributed by atoms with Crippen molar-refractivity contribution in [2.24, 2.45) is 0 Å². The number of anilines is 1. The second kappa shape index (κ2) is 9.07. The number of nitrogens with one attached hydrogen (secondary N) is 1. The van der Waals surface area contributed by atoms with Crippen molar-refractivity contribution in [3.63, 3.8) is 0 Å². The summed E-state index contributed by atoms with van der Waals surface area (Å²) < 4.78 is 13.6. The third-order valence-corrected chi connectivity index (χ3v) is 3.58. The first-order valence-electron chi connectivity index (χ1n) is 7.76. The molecule has 1 amide bonds. The van der Waals surface area contributed by atoms with Gasteiger partial charge in [-0.05, 0) is 31.5 Å². The van der Waals surface area contributed by atoms with Gasteiger partial charge in [0, 0.05) is 11.8 Å². The van der Waals surface area contributed by atoms with Gasteiger partial charge in [0.05, 0.1) is 29.8 Å². The number of amides is 1. The van der Waals surface area contributed by atoms with Crippen LogP contribution in [0.3, 0.4) is 0 Å². The number of halogens is 1. The van der Waals surface area contributed by atoms with Crippen LogP contribution in [0.15, 0.2) is 49.1 Å². The van der Waals surface area contributed by atoms with E-state index in [1.165, 1.54) is 18.5 Å². The average Bonchev–Trinajstić information content (AvgIpc) is 2.65. The van der Waals surface area contributed by atoms with Gasteiger partial charge in [0.2, 0.25) is 0 Å². The monoisotopic (exact) mass is 366 g/mol. The molecule has 0 saturated carbocycles. The minimum absolute atomic E-state index is 0.0922. The minimum Gasteiger partial charge on any atom is -0.305 e. The molecule has 7 nitrogen and oxygen atoms in total. The quantitative estimate of drug-likeness (QED) is 0.765. The molecule has 3 aromatic rings. The Morgan fingerprint density at radius 2 is 1.81 bits per heavy atom. The highest BCUT2D eigenvalue weighted by molar-refractivity contribution is 6.03. The predicted octanol–water partition coefficient (Wildman–Crippen LogP) is 2.96. The summed E-state index contributed by atoms with van der Waals surface area (Å²) in [5.41, 5.74) is 3.82. The SMILES string of the molecule is Cc1ccc(C)c(-c2cnc(NC(=O)c3ccncc3F)cn2)c1.O=C=O. The third kappa shape index (κ3) is 5.10. The predicted molar refractivity (Wildman–Crippen MR) is 94.1 cm³/mol. The fraction of sp³-hybridized carbons (Fsp3) is 0.105. The van der Waals surface area contributed by atoms with Gasteiger partial charge in [-0.15, -0.1) is 0 Å². The molecule has 0 aliphatic rings. The first kappa shape index (κ1) is 19.6. The molecule has 0 bridgehead atoms. The van der Waals surface area contributed by atoms with Gasteiger partial charge < -0.3 is 5.32 Å². The molecule has 8 heteroatoms. The molecule has 0 aliphatic carbocycles. The van der Waals surface area contributed by atoms with Crippen LogP contribution in [0.5, 0.6) is 0 Å². The van der Waals surface area contributed by atoms with Gasteiger partial charge in [0.15, 0.2) is 11.6 Å². The third-order valence-electron chi connectivity index (χ3n) is 3.58. The van der Waals surface area contributed by atoms with E-state index in [1.807, 2.05) is 32.0 Å². The molecule has 0 fully saturated rings. The van der Waals surface area contributed by atoms with Gasteiger partial charge in [0.25, 0.3) is 5.91 Å². The summed E-state index contributed by atoms with van der Waals surface area (Å²) >= 11 is 0. The zero-order valence-corrected chi connectivity index (χ0v) is 14.6. The lowest BCUT2D eigenvalue weighted by molar-refractivity contribution is -0.191. The van der Waals surface area contributed by atoms with Crippen LogP contribution in [-0.2, 0) is 9.59 Å². The number of benzene rings is 1. The molecule has 1 N–H and O–H groups in total. The maximum Gasteiger partial charge on any atom is 0.373 e. The molecule has 0 aliphatic heterocycles. The van der Waals surface area contributed by atoms with Crippen molar-refractivity contribution in [2.75, 3.05) is 5.32 Å². The molecule has 2 heterocycles. The number of pyridine rings is 1. The van der Waals surface area contributed by atoms with Crippen molar-refractivity contribution < 1.29 is 18.8 Å².